The van der Waals surface area contributed by atoms with Crippen molar-refractivity contribution >= 4 is 23.4 Å². The van der Waals surface area contributed by atoms with Crippen LogP contribution in [0.25, 0.3) is 0 Å². The Morgan fingerprint density at radius 3 is 2.64 bits per heavy atom. The van der Waals surface area contributed by atoms with Crippen molar-refractivity contribution in [2.24, 2.45) is 0 Å². The first-order valence-electron chi connectivity index (χ1n) is 8.22. The van der Waals surface area contributed by atoms with Gasteiger partial charge in [-0.2, -0.15) is 0 Å². The van der Waals surface area contributed by atoms with Gasteiger partial charge in [0.25, 0.3) is 0 Å². The molecule has 4 nitrogen and oxygen atoms in total. The summed E-state index contributed by atoms with van der Waals surface area (Å²) in [5.41, 5.74) is 1.83. The Morgan fingerprint density at radius 2 is 1.92 bits per heavy atom. The first kappa shape index (κ1) is 17.8. The Morgan fingerprint density at radius 1 is 1.16 bits per heavy atom. The third-order valence-corrected chi connectivity index (χ3v) is 5.60. The molecule has 1 unspecified atom stereocenters. The fourth-order valence-corrected chi connectivity index (χ4v) is 4.50. The first-order chi connectivity index (χ1) is 12.0. The van der Waals surface area contributed by atoms with E-state index >= 15 is 0 Å². The highest BCUT2D eigenvalue weighted by Gasteiger charge is 2.43. The maximum absolute atomic E-state index is 13.2. The molecule has 25 heavy (non-hydrogen) atoms. The second-order valence-corrected chi connectivity index (χ2v) is 8.25. The second kappa shape index (κ2) is 7.10. The Kier molecular flexibility index (Phi) is 5.06. The first-order valence-corrected chi connectivity index (χ1v) is 9.04. The van der Waals surface area contributed by atoms with Gasteiger partial charge in [-0.25, -0.2) is 0 Å². The van der Waals surface area contributed by atoms with E-state index in [1.165, 1.54) is 0 Å². The summed E-state index contributed by atoms with van der Waals surface area (Å²) in [4.78, 5) is 16.1. The Labute approximate surface area is 153 Å². The summed E-state index contributed by atoms with van der Waals surface area (Å²) in [5, 5.41) is 0. The monoisotopic (exact) mass is 357 g/mol. The topological polar surface area (TPSA) is 38.8 Å². The van der Waals surface area contributed by atoms with E-state index < -0.39 is 0 Å². The lowest BCUT2D eigenvalue weighted by Gasteiger charge is -2.45. The van der Waals surface area contributed by atoms with E-state index in [9.17, 15) is 4.79 Å². The number of hydrogen-bond donors (Lipinski definition) is 0. The molecule has 0 saturated heterocycles. The van der Waals surface area contributed by atoms with E-state index in [1.54, 1.807) is 30.9 Å². The van der Waals surface area contributed by atoms with Crippen molar-refractivity contribution in [3.8, 4) is 5.75 Å². The number of anilines is 1. The van der Waals surface area contributed by atoms with Gasteiger partial charge in [-0.3, -0.25) is 9.69 Å². The van der Waals surface area contributed by atoms with Crippen LogP contribution in [0.3, 0.4) is 0 Å². The van der Waals surface area contributed by atoms with E-state index in [0.29, 0.717) is 6.42 Å². The van der Waals surface area contributed by atoms with Gasteiger partial charge in [0, 0.05) is 12.0 Å². The minimum absolute atomic E-state index is 0.0147. The van der Waals surface area contributed by atoms with Crippen molar-refractivity contribution in [3.05, 3.63) is 54.1 Å². The van der Waals surface area contributed by atoms with Gasteiger partial charge < -0.3 is 9.47 Å². The van der Waals surface area contributed by atoms with E-state index in [4.69, 9.17) is 9.47 Å². The number of benzene rings is 2. The van der Waals surface area contributed by atoms with E-state index in [0.717, 1.165) is 21.9 Å². The summed E-state index contributed by atoms with van der Waals surface area (Å²) < 4.78 is 10.8. The smallest absolute Gasteiger partial charge is 0.233 e. The zero-order valence-electron chi connectivity index (χ0n) is 15.0. The standard InChI is InChI=1S/C20H23NO3S/c1-20(2)19(24-4)21(16-10-5-6-11-17(16)25-20)18(22)13-14-8-7-9-15(12-14)23-3/h5-12,19H,13H2,1-4H3. The molecule has 5 heteroatoms. The lowest BCUT2D eigenvalue weighted by molar-refractivity contribution is -0.121. The average Bonchev–Trinajstić information content (AvgIpc) is 2.59. The third kappa shape index (κ3) is 3.53. The number of rotatable bonds is 4. The van der Waals surface area contributed by atoms with Crippen LogP contribution in [-0.4, -0.2) is 31.1 Å². The number of amides is 1. The van der Waals surface area contributed by atoms with Crippen molar-refractivity contribution in [3.63, 3.8) is 0 Å². The summed E-state index contributed by atoms with van der Waals surface area (Å²) in [5.74, 6) is 0.768. The molecule has 1 amide bonds. The molecule has 1 atom stereocenters. The highest BCUT2D eigenvalue weighted by molar-refractivity contribution is 8.01. The number of fused-ring (bicyclic) bond motifs is 1. The third-order valence-electron chi connectivity index (χ3n) is 4.31. The van der Waals surface area contributed by atoms with Crippen molar-refractivity contribution in [2.45, 2.75) is 36.1 Å². The van der Waals surface area contributed by atoms with E-state index in [-0.39, 0.29) is 16.9 Å². The van der Waals surface area contributed by atoms with Gasteiger partial charge in [0.1, 0.15) is 5.75 Å². The Balaban J connectivity index is 1.96. The molecule has 0 bridgehead atoms. The SMILES string of the molecule is COc1cccc(CC(=O)N2c3ccccc3SC(C)(C)C2OC)c1. The Bertz CT molecular complexity index is 775. The molecule has 0 N–H and O–H groups in total. The minimum Gasteiger partial charge on any atom is -0.497 e. The minimum atomic E-state index is -0.328. The number of carbonyl (C=O) groups is 1. The highest BCUT2D eigenvalue weighted by Crippen LogP contribution is 2.48. The zero-order chi connectivity index (χ0) is 18.0. The van der Waals surface area contributed by atoms with Gasteiger partial charge in [-0.05, 0) is 43.7 Å². The van der Waals surface area contributed by atoms with Gasteiger partial charge in [0.05, 0.1) is 24.0 Å². The van der Waals surface area contributed by atoms with Crippen LogP contribution in [0.2, 0.25) is 0 Å². The number of methoxy groups -OCH3 is 2. The number of hydrogen-bond acceptors (Lipinski definition) is 4. The van der Waals surface area contributed by atoms with Crippen LogP contribution in [-0.2, 0) is 16.0 Å². The van der Waals surface area contributed by atoms with Crippen LogP contribution in [0.1, 0.15) is 19.4 Å². The van der Waals surface area contributed by atoms with Gasteiger partial charge in [-0.1, -0.05) is 24.3 Å². The summed E-state index contributed by atoms with van der Waals surface area (Å²) in [6.07, 6.45) is -0.0305. The average molecular weight is 357 g/mol. The molecule has 0 fully saturated rings. The van der Waals surface area contributed by atoms with Crippen molar-refractivity contribution in [1.29, 1.82) is 0 Å². The lowest BCUT2D eigenvalue weighted by Crippen LogP contribution is -2.54. The van der Waals surface area contributed by atoms with Crippen LogP contribution in [0.5, 0.6) is 5.75 Å². The molecule has 0 radical (unpaired) electrons. The fourth-order valence-electron chi connectivity index (χ4n) is 3.21. The number of ether oxygens (including phenoxy) is 2. The molecule has 0 aliphatic carbocycles. The largest absolute Gasteiger partial charge is 0.497 e. The predicted molar refractivity (Wildman–Crippen MR) is 101 cm³/mol. The van der Waals surface area contributed by atoms with E-state index in [2.05, 4.69) is 19.9 Å². The summed E-state index contributed by atoms with van der Waals surface area (Å²) >= 11 is 1.74. The summed E-state index contributed by atoms with van der Waals surface area (Å²) in [6, 6.07) is 15.6. The number of para-hydroxylation sites is 1. The van der Waals surface area contributed by atoms with Crippen LogP contribution >= 0.6 is 11.8 Å². The normalized spacial score (nSPS) is 18.6. The molecule has 1 heterocycles. The molecule has 0 spiro atoms. The molecule has 1 aliphatic rings. The van der Waals surface area contributed by atoms with Crippen LogP contribution in [0.15, 0.2) is 53.4 Å². The molecule has 2 aromatic rings. The van der Waals surface area contributed by atoms with Gasteiger partial charge in [0.2, 0.25) is 5.91 Å². The maximum atomic E-state index is 13.2. The fraction of sp³-hybridized carbons (Fsp3) is 0.350. The zero-order valence-corrected chi connectivity index (χ0v) is 15.8. The van der Waals surface area contributed by atoms with Crippen molar-refractivity contribution < 1.29 is 14.3 Å². The molecule has 0 aromatic heterocycles. The van der Waals surface area contributed by atoms with Crippen molar-refractivity contribution in [2.75, 3.05) is 19.1 Å². The number of carbonyl (C=O) groups excluding carboxylic acids is 1. The number of thioether (sulfide) groups is 1. The molecule has 132 valence electrons. The maximum Gasteiger partial charge on any atom is 0.233 e. The second-order valence-electron chi connectivity index (χ2n) is 6.55. The van der Waals surface area contributed by atoms with Gasteiger partial charge in [0.15, 0.2) is 6.23 Å². The lowest BCUT2D eigenvalue weighted by atomic mass is 10.1. The summed E-state index contributed by atoms with van der Waals surface area (Å²) in [6.45, 7) is 4.21. The molecular formula is C20H23NO3S. The van der Waals surface area contributed by atoms with E-state index in [1.807, 2.05) is 42.5 Å². The van der Waals surface area contributed by atoms with Crippen molar-refractivity contribution in [1.82, 2.24) is 0 Å². The Hall–Kier alpha value is -1.98. The molecule has 1 aliphatic heterocycles. The molecular weight excluding hydrogens is 334 g/mol. The molecule has 3 rings (SSSR count). The molecule has 2 aromatic carbocycles. The quantitative estimate of drug-likeness (QED) is 0.825. The predicted octanol–water partition coefficient (Wildman–Crippen LogP) is 4.13. The number of nitrogens with zero attached hydrogens (tertiary/aromatic N) is 1. The van der Waals surface area contributed by atoms with Gasteiger partial charge >= 0.3 is 0 Å². The van der Waals surface area contributed by atoms with Gasteiger partial charge in [-0.15, -0.1) is 11.8 Å². The molecule has 0 saturated carbocycles. The van der Waals surface area contributed by atoms with Crippen LogP contribution < -0.4 is 9.64 Å². The highest BCUT2D eigenvalue weighted by atomic mass is 32.2. The van der Waals surface area contributed by atoms with Crippen LogP contribution in [0.4, 0.5) is 5.69 Å². The van der Waals surface area contributed by atoms with Crippen LogP contribution in [0, 0.1) is 0 Å². The summed E-state index contributed by atoms with van der Waals surface area (Å²) in [7, 11) is 3.29.